The van der Waals surface area contributed by atoms with Gasteiger partial charge in [-0.25, -0.2) is 5.43 Å². The quantitative estimate of drug-likeness (QED) is 0.381. The number of amides is 1. The summed E-state index contributed by atoms with van der Waals surface area (Å²) in [5.41, 5.74) is 5.36. The molecule has 0 spiro atoms. The highest BCUT2D eigenvalue weighted by Crippen LogP contribution is 2.32. The lowest BCUT2D eigenvalue weighted by Crippen LogP contribution is -2.24. The first-order valence-corrected chi connectivity index (χ1v) is 10.5. The number of hydrogen-bond donors (Lipinski definition) is 2. The summed E-state index contributed by atoms with van der Waals surface area (Å²) in [6.07, 6.45) is 1.47. The van der Waals surface area contributed by atoms with Crippen molar-refractivity contribution < 1.29 is 19.4 Å². The van der Waals surface area contributed by atoms with Crippen LogP contribution in [0.3, 0.4) is 0 Å². The molecule has 3 aromatic rings. The summed E-state index contributed by atoms with van der Waals surface area (Å²) in [5.74, 6) is 0.653. The molecule has 0 fully saturated rings. The third-order valence-corrected chi connectivity index (χ3v) is 5.13. The van der Waals surface area contributed by atoms with Gasteiger partial charge in [-0.05, 0) is 53.9 Å². The van der Waals surface area contributed by atoms with E-state index in [-0.39, 0.29) is 23.7 Å². The highest BCUT2D eigenvalue weighted by molar-refractivity contribution is 5.83. The van der Waals surface area contributed by atoms with E-state index in [4.69, 9.17) is 9.47 Å². The second kappa shape index (κ2) is 10.5. The van der Waals surface area contributed by atoms with E-state index in [2.05, 4.69) is 36.5 Å². The third kappa shape index (κ3) is 5.88. The predicted octanol–water partition coefficient (Wildman–Crippen LogP) is 4.65. The summed E-state index contributed by atoms with van der Waals surface area (Å²) in [4.78, 5) is 12.0. The smallest absolute Gasteiger partial charge is 0.277 e. The standard InChI is InChI=1S/C26H28N2O4/c1-4-31-24-16-19(10-15-23(24)29)17-27-28-25(30)18-32-22-13-11-21(12-14-22)26(2,3)20-8-6-5-7-9-20/h5-17,29H,4,18H2,1-3H3,(H,28,30). The van der Waals surface area contributed by atoms with Gasteiger partial charge < -0.3 is 14.6 Å². The Balaban J connectivity index is 1.52. The van der Waals surface area contributed by atoms with Crippen molar-refractivity contribution in [3.63, 3.8) is 0 Å². The molecule has 0 saturated carbocycles. The van der Waals surface area contributed by atoms with Crippen molar-refractivity contribution in [3.05, 3.63) is 89.5 Å². The van der Waals surface area contributed by atoms with E-state index in [9.17, 15) is 9.90 Å². The fraction of sp³-hybridized carbons (Fsp3) is 0.231. The molecular formula is C26H28N2O4. The predicted molar refractivity (Wildman–Crippen MR) is 126 cm³/mol. The molecule has 166 valence electrons. The highest BCUT2D eigenvalue weighted by atomic mass is 16.5. The molecular weight excluding hydrogens is 404 g/mol. The van der Waals surface area contributed by atoms with Gasteiger partial charge in [0.25, 0.3) is 5.91 Å². The number of nitrogens with one attached hydrogen (secondary N) is 1. The summed E-state index contributed by atoms with van der Waals surface area (Å²) in [7, 11) is 0. The summed E-state index contributed by atoms with van der Waals surface area (Å²) in [6.45, 7) is 6.47. The van der Waals surface area contributed by atoms with Gasteiger partial charge in [0.1, 0.15) is 5.75 Å². The SMILES string of the molecule is CCOc1cc(C=NNC(=O)COc2ccc(C(C)(C)c3ccccc3)cc2)ccc1O. The number of carbonyl (C=O) groups is 1. The van der Waals surface area contributed by atoms with Crippen LogP contribution in [0.2, 0.25) is 0 Å². The number of carbonyl (C=O) groups excluding carboxylic acids is 1. The largest absolute Gasteiger partial charge is 0.504 e. The maximum atomic E-state index is 12.0. The average Bonchev–Trinajstić information content (AvgIpc) is 2.81. The molecule has 6 nitrogen and oxygen atoms in total. The summed E-state index contributed by atoms with van der Waals surface area (Å²) >= 11 is 0. The van der Waals surface area contributed by atoms with Gasteiger partial charge in [0, 0.05) is 5.41 Å². The molecule has 2 N–H and O–H groups in total. The molecule has 1 amide bonds. The zero-order valence-electron chi connectivity index (χ0n) is 18.5. The third-order valence-electron chi connectivity index (χ3n) is 5.13. The molecule has 6 heteroatoms. The molecule has 0 aliphatic rings. The van der Waals surface area contributed by atoms with Crippen molar-refractivity contribution in [3.8, 4) is 17.2 Å². The minimum Gasteiger partial charge on any atom is -0.504 e. The van der Waals surface area contributed by atoms with Crippen LogP contribution in [0.4, 0.5) is 0 Å². The Kier molecular flexibility index (Phi) is 7.49. The Morgan fingerprint density at radius 3 is 2.38 bits per heavy atom. The van der Waals surface area contributed by atoms with E-state index in [0.29, 0.717) is 23.7 Å². The molecule has 0 saturated heterocycles. The molecule has 0 bridgehead atoms. The highest BCUT2D eigenvalue weighted by Gasteiger charge is 2.22. The van der Waals surface area contributed by atoms with Crippen LogP contribution in [-0.4, -0.2) is 30.4 Å². The lowest BCUT2D eigenvalue weighted by atomic mass is 9.78. The van der Waals surface area contributed by atoms with Crippen molar-refractivity contribution in [1.82, 2.24) is 5.43 Å². The van der Waals surface area contributed by atoms with E-state index in [1.165, 1.54) is 17.8 Å². The first kappa shape index (κ1) is 22.9. The van der Waals surface area contributed by atoms with Gasteiger partial charge in [0.15, 0.2) is 18.1 Å². The van der Waals surface area contributed by atoms with Crippen LogP contribution < -0.4 is 14.9 Å². The van der Waals surface area contributed by atoms with Crippen molar-refractivity contribution in [2.24, 2.45) is 5.10 Å². The number of rotatable bonds is 9. The summed E-state index contributed by atoms with van der Waals surface area (Å²) in [6, 6.07) is 22.9. The second-order valence-corrected chi connectivity index (χ2v) is 7.76. The summed E-state index contributed by atoms with van der Waals surface area (Å²) in [5, 5.41) is 13.6. The van der Waals surface area contributed by atoms with Crippen molar-refractivity contribution in [2.75, 3.05) is 13.2 Å². The van der Waals surface area contributed by atoms with Crippen molar-refractivity contribution in [1.29, 1.82) is 0 Å². The zero-order valence-corrected chi connectivity index (χ0v) is 18.5. The lowest BCUT2D eigenvalue weighted by Gasteiger charge is -2.26. The van der Waals surface area contributed by atoms with Gasteiger partial charge in [-0.2, -0.15) is 5.10 Å². The number of ether oxygens (including phenoxy) is 2. The van der Waals surface area contributed by atoms with Crippen LogP contribution in [-0.2, 0) is 10.2 Å². The second-order valence-electron chi connectivity index (χ2n) is 7.76. The molecule has 3 aromatic carbocycles. The van der Waals surface area contributed by atoms with Gasteiger partial charge in [-0.1, -0.05) is 56.3 Å². The lowest BCUT2D eigenvalue weighted by molar-refractivity contribution is -0.123. The Morgan fingerprint density at radius 2 is 1.69 bits per heavy atom. The fourth-order valence-corrected chi connectivity index (χ4v) is 3.23. The minimum absolute atomic E-state index is 0.0552. The molecule has 0 aliphatic carbocycles. The number of phenolic OH excluding ortho intramolecular Hbond substituents is 1. The fourth-order valence-electron chi connectivity index (χ4n) is 3.23. The van der Waals surface area contributed by atoms with E-state index < -0.39 is 0 Å². The monoisotopic (exact) mass is 432 g/mol. The Morgan fingerprint density at radius 1 is 1.00 bits per heavy atom. The maximum Gasteiger partial charge on any atom is 0.277 e. The van der Waals surface area contributed by atoms with E-state index in [0.717, 1.165) is 5.56 Å². The van der Waals surface area contributed by atoms with Crippen LogP contribution in [0.5, 0.6) is 17.2 Å². The van der Waals surface area contributed by atoms with Gasteiger partial charge in [0.2, 0.25) is 0 Å². The number of hydrogen-bond acceptors (Lipinski definition) is 5. The van der Waals surface area contributed by atoms with Crippen LogP contribution in [0.1, 0.15) is 37.5 Å². The van der Waals surface area contributed by atoms with Crippen molar-refractivity contribution >= 4 is 12.1 Å². The molecule has 0 aliphatic heterocycles. The molecule has 0 atom stereocenters. The Bertz CT molecular complexity index is 1060. The number of benzene rings is 3. The normalized spacial score (nSPS) is 11.3. The topological polar surface area (TPSA) is 80.2 Å². The number of nitrogens with zero attached hydrogens (tertiary/aromatic N) is 1. The van der Waals surface area contributed by atoms with E-state index in [1.807, 2.05) is 49.4 Å². The zero-order chi connectivity index (χ0) is 23.0. The summed E-state index contributed by atoms with van der Waals surface area (Å²) < 4.78 is 10.9. The average molecular weight is 433 g/mol. The molecule has 32 heavy (non-hydrogen) atoms. The molecule has 0 radical (unpaired) electrons. The molecule has 0 aromatic heterocycles. The van der Waals surface area contributed by atoms with Gasteiger partial charge >= 0.3 is 0 Å². The van der Waals surface area contributed by atoms with Crippen molar-refractivity contribution in [2.45, 2.75) is 26.2 Å². The molecule has 0 unspecified atom stereocenters. The van der Waals surface area contributed by atoms with Crippen LogP contribution in [0, 0.1) is 0 Å². The minimum atomic E-state index is -0.376. The van der Waals surface area contributed by atoms with Crippen LogP contribution in [0.25, 0.3) is 0 Å². The number of phenols is 1. The van der Waals surface area contributed by atoms with E-state index in [1.54, 1.807) is 12.1 Å². The first-order valence-electron chi connectivity index (χ1n) is 10.5. The molecule has 0 heterocycles. The van der Waals surface area contributed by atoms with E-state index >= 15 is 0 Å². The maximum absolute atomic E-state index is 12.0. The number of aromatic hydroxyl groups is 1. The van der Waals surface area contributed by atoms with Gasteiger partial charge in [-0.15, -0.1) is 0 Å². The first-order chi connectivity index (χ1) is 15.4. The van der Waals surface area contributed by atoms with Gasteiger partial charge in [0.05, 0.1) is 12.8 Å². The Labute approximate surface area is 188 Å². The van der Waals surface area contributed by atoms with Crippen LogP contribution >= 0.6 is 0 Å². The number of hydrazone groups is 1. The molecule has 3 rings (SSSR count). The van der Waals surface area contributed by atoms with Crippen LogP contribution in [0.15, 0.2) is 77.9 Å². The van der Waals surface area contributed by atoms with Gasteiger partial charge in [-0.3, -0.25) is 4.79 Å². The Hall–Kier alpha value is -3.80.